The van der Waals surface area contributed by atoms with Crippen LogP contribution in [0.1, 0.15) is 23.1 Å². The fraction of sp³-hybridized carbons (Fsp3) is 0.296. The highest BCUT2D eigenvalue weighted by atomic mass is 19.1. The third-order valence-electron chi connectivity index (χ3n) is 6.73. The molecule has 1 atom stereocenters. The molecule has 0 aromatic heterocycles. The summed E-state index contributed by atoms with van der Waals surface area (Å²) in [5, 5.41) is 0. The molecule has 0 radical (unpaired) electrons. The number of aryl methyl sites for hydroxylation is 1. The largest absolute Gasteiger partial charge is 0.496 e. The van der Waals surface area contributed by atoms with Crippen LogP contribution in [0.4, 0.5) is 20.6 Å². The minimum Gasteiger partial charge on any atom is -0.496 e. The lowest BCUT2D eigenvalue weighted by Crippen LogP contribution is -2.51. The summed E-state index contributed by atoms with van der Waals surface area (Å²) in [6, 6.07) is 21.0. The number of ether oxygens (including phenoxy) is 1. The number of halogens is 1. The highest BCUT2D eigenvalue weighted by Crippen LogP contribution is 2.35. The van der Waals surface area contributed by atoms with Crippen molar-refractivity contribution >= 4 is 17.4 Å². The normalized spacial score (nSPS) is 18.0. The molecular weight excluding hydrogens is 417 g/mol. The highest BCUT2D eigenvalue weighted by molar-refractivity contribution is 5.95. The molecule has 3 aromatic rings. The number of carbonyl (C=O) groups is 1. The Labute approximate surface area is 194 Å². The van der Waals surface area contributed by atoms with Crippen LogP contribution in [0.3, 0.4) is 0 Å². The lowest BCUT2D eigenvalue weighted by Gasteiger charge is -2.40. The molecule has 1 saturated heterocycles. The first-order valence-electron chi connectivity index (χ1n) is 11.3. The maximum Gasteiger partial charge on any atom is 0.325 e. The number of rotatable bonds is 5. The van der Waals surface area contributed by atoms with Crippen molar-refractivity contribution in [1.29, 1.82) is 0 Å². The average Bonchev–Trinajstić information content (AvgIpc) is 3.30. The summed E-state index contributed by atoms with van der Waals surface area (Å²) in [4.78, 5) is 19.6. The Bertz CT molecular complexity index is 1160. The molecule has 5 rings (SSSR count). The molecule has 2 amide bonds. The Kier molecular flexibility index (Phi) is 5.67. The van der Waals surface area contributed by atoms with Gasteiger partial charge in [0.25, 0.3) is 0 Å². The number of para-hydroxylation sites is 3. The summed E-state index contributed by atoms with van der Waals surface area (Å²) in [7, 11) is 1.65. The van der Waals surface area contributed by atoms with Crippen LogP contribution in [0.5, 0.6) is 5.75 Å². The van der Waals surface area contributed by atoms with Crippen molar-refractivity contribution in [3.8, 4) is 5.75 Å². The Morgan fingerprint density at radius 3 is 2.64 bits per heavy atom. The van der Waals surface area contributed by atoms with E-state index < -0.39 is 0 Å². The van der Waals surface area contributed by atoms with Crippen LogP contribution in [0.25, 0.3) is 0 Å². The third kappa shape index (κ3) is 3.90. The van der Waals surface area contributed by atoms with Crippen LogP contribution in [0.15, 0.2) is 66.7 Å². The van der Waals surface area contributed by atoms with E-state index in [1.807, 2.05) is 65.3 Å². The zero-order valence-corrected chi connectivity index (χ0v) is 19.0. The number of fused-ring (bicyclic) bond motifs is 1. The van der Waals surface area contributed by atoms with Gasteiger partial charge in [0.1, 0.15) is 11.6 Å². The van der Waals surface area contributed by atoms with Gasteiger partial charge in [-0.3, -0.25) is 4.90 Å². The first-order chi connectivity index (χ1) is 16.1. The molecule has 0 aliphatic carbocycles. The number of anilines is 2. The van der Waals surface area contributed by atoms with Gasteiger partial charge in [-0.15, -0.1) is 0 Å². The van der Waals surface area contributed by atoms with Crippen LogP contribution >= 0.6 is 0 Å². The van der Waals surface area contributed by atoms with Crippen molar-refractivity contribution < 1.29 is 13.9 Å². The number of hydrogen-bond acceptors (Lipinski definition) is 3. The molecule has 33 heavy (non-hydrogen) atoms. The Morgan fingerprint density at radius 2 is 1.82 bits per heavy atom. The smallest absolute Gasteiger partial charge is 0.325 e. The van der Waals surface area contributed by atoms with E-state index in [1.165, 1.54) is 6.07 Å². The van der Waals surface area contributed by atoms with E-state index in [-0.39, 0.29) is 17.9 Å². The molecule has 5 nitrogen and oxygen atoms in total. The Morgan fingerprint density at radius 1 is 1.03 bits per heavy atom. The van der Waals surface area contributed by atoms with Gasteiger partial charge in [0.15, 0.2) is 0 Å². The van der Waals surface area contributed by atoms with Gasteiger partial charge >= 0.3 is 6.03 Å². The van der Waals surface area contributed by atoms with Gasteiger partial charge in [-0.05, 0) is 42.7 Å². The molecule has 2 aliphatic rings. The van der Waals surface area contributed by atoms with Crippen molar-refractivity contribution in [1.82, 2.24) is 4.90 Å². The molecule has 170 valence electrons. The van der Waals surface area contributed by atoms with Crippen molar-refractivity contribution in [2.75, 3.05) is 30.0 Å². The topological polar surface area (TPSA) is 36.0 Å². The van der Waals surface area contributed by atoms with Gasteiger partial charge in [0, 0.05) is 25.2 Å². The van der Waals surface area contributed by atoms with E-state index in [0.29, 0.717) is 25.3 Å². The van der Waals surface area contributed by atoms with E-state index in [4.69, 9.17) is 4.74 Å². The Hall–Kier alpha value is -3.54. The first-order valence-corrected chi connectivity index (χ1v) is 11.3. The van der Waals surface area contributed by atoms with Gasteiger partial charge in [-0.2, -0.15) is 0 Å². The van der Waals surface area contributed by atoms with Crippen molar-refractivity contribution in [3.63, 3.8) is 0 Å². The molecule has 2 heterocycles. The summed E-state index contributed by atoms with van der Waals surface area (Å²) in [5.41, 5.74) is 4.58. The second-order valence-electron chi connectivity index (χ2n) is 8.73. The maximum atomic E-state index is 14.6. The van der Waals surface area contributed by atoms with E-state index >= 15 is 0 Å². The minimum atomic E-state index is -0.205. The fourth-order valence-electron chi connectivity index (χ4n) is 5.08. The number of amides is 2. The molecule has 2 aliphatic heterocycles. The molecule has 0 N–H and O–H groups in total. The summed E-state index contributed by atoms with van der Waals surface area (Å²) in [6.45, 7) is 4.27. The summed E-state index contributed by atoms with van der Waals surface area (Å²) < 4.78 is 20.1. The van der Waals surface area contributed by atoms with E-state index in [2.05, 4.69) is 11.0 Å². The van der Waals surface area contributed by atoms with Gasteiger partial charge in [-0.1, -0.05) is 48.5 Å². The SMILES string of the molecule is COc1ccccc1CN1C(=O)N(C2CCN(c3c(C)cccc3F)C2)Cc2ccccc21. The number of benzene rings is 3. The van der Waals surface area contributed by atoms with Gasteiger partial charge in [-0.25, -0.2) is 9.18 Å². The minimum absolute atomic E-state index is 0.0169. The zero-order chi connectivity index (χ0) is 22.9. The predicted octanol–water partition coefficient (Wildman–Crippen LogP) is 5.36. The lowest BCUT2D eigenvalue weighted by molar-refractivity contribution is 0.177. The van der Waals surface area contributed by atoms with Crippen molar-refractivity contribution in [2.45, 2.75) is 32.5 Å². The number of carbonyl (C=O) groups excluding carboxylic acids is 1. The fourth-order valence-corrected chi connectivity index (χ4v) is 5.08. The van der Waals surface area contributed by atoms with E-state index in [1.54, 1.807) is 13.2 Å². The monoisotopic (exact) mass is 445 g/mol. The number of methoxy groups -OCH3 is 1. The van der Waals surface area contributed by atoms with Crippen LogP contribution in [0.2, 0.25) is 0 Å². The van der Waals surface area contributed by atoms with E-state index in [0.717, 1.165) is 41.1 Å². The third-order valence-corrected chi connectivity index (χ3v) is 6.73. The Balaban J connectivity index is 1.43. The predicted molar refractivity (Wildman–Crippen MR) is 128 cm³/mol. The number of urea groups is 1. The molecule has 3 aromatic carbocycles. The summed E-state index contributed by atoms with van der Waals surface area (Å²) >= 11 is 0. The van der Waals surface area contributed by atoms with Crippen molar-refractivity contribution in [2.24, 2.45) is 0 Å². The molecule has 6 heteroatoms. The second kappa shape index (κ2) is 8.77. The molecule has 0 spiro atoms. The average molecular weight is 446 g/mol. The molecule has 0 saturated carbocycles. The molecule has 0 bridgehead atoms. The zero-order valence-electron chi connectivity index (χ0n) is 19.0. The maximum absolute atomic E-state index is 14.6. The summed E-state index contributed by atoms with van der Waals surface area (Å²) in [5.74, 6) is 0.561. The van der Waals surface area contributed by atoms with Gasteiger partial charge in [0.2, 0.25) is 0 Å². The van der Waals surface area contributed by atoms with Crippen LogP contribution in [-0.2, 0) is 13.1 Å². The van der Waals surface area contributed by atoms with Gasteiger partial charge in [0.05, 0.1) is 31.1 Å². The van der Waals surface area contributed by atoms with Crippen molar-refractivity contribution in [3.05, 3.63) is 89.2 Å². The molecular formula is C27H28FN3O2. The van der Waals surface area contributed by atoms with Gasteiger partial charge < -0.3 is 14.5 Å². The first kappa shape index (κ1) is 21.3. The summed E-state index contributed by atoms with van der Waals surface area (Å²) in [6.07, 6.45) is 0.810. The quantitative estimate of drug-likeness (QED) is 0.530. The lowest BCUT2D eigenvalue weighted by atomic mass is 10.1. The van der Waals surface area contributed by atoms with Crippen LogP contribution in [-0.4, -0.2) is 37.2 Å². The molecule has 1 unspecified atom stereocenters. The number of nitrogens with zero attached hydrogens (tertiary/aromatic N) is 3. The highest BCUT2D eigenvalue weighted by Gasteiger charge is 2.38. The van der Waals surface area contributed by atoms with Crippen LogP contribution in [0, 0.1) is 12.7 Å². The standard InChI is InChI=1S/C27H28FN3O2/c1-19-8-7-11-23(28)26(19)29-15-14-22(18-29)30-16-20-9-3-5-12-24(20)31(27(30)32)17-21-10-4-6-13-25(21)33-2/h3-13,22H,14-18H2,1-2H3. The second-order valence-corrected chi connectivity index (χ2v) is 8.73. The van der Waals surface area contributed by atoms with E-state index in [9.17, 15) is 9.18 Å². The number of hydrogen-bond donors (Lipinski definition) is 0. The molecule has 1 fully saturated rings. The van der Waals surface area contributed by atoms with Crippen LogP contribution < -0.4 is 14.5 Å².